The second-order valence-corrected chi connectivity index (χ2v) is 5.23. The molecule has 0 saturated carbocycles. The average molecular weight is 303 g/mol. The van der Waals surface area contributed by atoms with Gasteiger partial charge >= 0.3 is 6.18 Å². The summed E-state index contributed by atoms with van der Waals surface area (Å²) in [6.45, 7) is 3.64. The fourth-order valence-corrected chi connectivity index (χ4v) is 1.90. The summed E-state index contributed by atoms with van der Waals surface area (Å²) in [5.41, 5.74) is -0.232. The molecular formula is C15H20F3NO2. The summed E-state index contributed by atoms with van der Waals surface area (Å²) in [5.74, 6) is -0.657. The number of carbonyl (C=O) groups is 1. The van der Waals surface area contributed by atoms with Crippen molar-refractivity contribution in [3.8, 4) is 0 Å². The quantitative estimate of drug-likeness (QED) is 0.849. The zero-order chi connectivity index (χ0) is 16.0. The summed E-state index contributed by atoms with van der Waals surface area (Å²) >= 11 is 0. The molecule has 2 N–H and O–H groups in total. The van der Waals surface area contributed by atoms with E-state index in [1.54, 1.807) is 19.9 Å². The van der Waals surface area contributed by atoms with Gasteiger partial charge in [0.1, 0.15) is 0 Å². The highest BCUT2D eigenvalue weighted by molar-refractivity contribution is 5.78. The zero-order valence-electron chi connectivity index (χ0n) is 12.1. The number of alkyl halides is 3. The van der Waals surface area contributed by atoms with Gasteiger partial charge < -0.3 is 10.4 Å². The third-order valence-electron chi connectivity index (χ3n) is 3.11. The molecule has 1 aromatic rings. The molecule has 0 radical (unpaired) electrons. The van der Waals surface area contributed by atoms with Crippen LogP contribution in [0, 0.1) is 5.92 Å². The Morgan fingerprint density at radius 1 is 1.33 bits per heavy atom. The normalized spacial score (nSPS) is 14.6. The number of halogens is 3. The lowest BCUT2D eigenvalue weighted by Gasteiger charge is -2.14. The summed E-state index contributed by atoms with van der Waals surface area (Å²) in [7, 11) is 0. The molecule has 1 amide bonds. The smallest absolute Gasteiger partial charge is 0.393 e. The van der Waals surface area contributed by atoms with Crippen molar-refractivity contribution in [2.24, 2.45) is 5.92 Å². The Hall–Kier alpha value is -1.56. The highest BCUT2D eigenvalue weighted by Crippen LogP contribution is 2.29. The second-order valence-electron chi connectivity index (χ2n) is 5.23. The Morgan fingerprint density at radius 2 is 2.00 bits per heavy atom. The minimum absolute atomic E-state index is 0.229. The molecule has 0 saturated heterocycles. The van der Waals surface area contributed by atoms with Crippen LogP contribution in [0.3, 0.4) is 0 Å². The van der Waals surface area contributed by atoms with Gasteiger partial charge in [0.2, 0.25) is 5.91 Å². The Balaban J connectivity index is 2.58. The van der Waals surface area contributed by atoms with Gasteiger partial charge in [-0.3, -0.25) is 4.79 Å². The van der Waals surface area contributed by atoms with Gasteiger partial charge in [0.15, 0.2) is 0 Å². The molecule has 3 nitrogen and oxygen atoms in total. The average Bonchev–Trinajstić information content (AvgIpc) is 2.37. The molecule has 0 fully saturated rings. The summed E-state index contributed by atoms with van der Waals surface area (Å²) < 4.78 is 37.8. The number of hydrogen-bond acceptors (Lipinski definition) is 2. The Morgan fingerprint density at radius 3 is 2.57 bits per heavy atom. The van der Waals surface area contributed by atoms with Crippen LogP contribution in [0.15, 0.2) is 24.3 Å². The minimum atomic E-state index is -4.38. The largest absolute Gasteiger partial charge is 0.416 e. The van der Waals surface area contributed by atoms with Crippen LogP contribution in [0.5, 0.6) is 0 Å². The molecule has 0 aromatic heterocycles. The SMILES string of the molecule is CC(O)CCNC(=O)C(C)Cc1cccc(C(F)(F)F)c1. The van der Waals surface area contributed by atoms with Crippen LogP contribution in [0.4, 0.5) is 13.2 Å². The van der Waals surface area contributed by atoms with E-state index in [0.29, 0.717) is 18.5 Å². The molecule has 118 valence electrons. The molecule has 2 unspecified atom stereocenters. The summed E-state index contributed by atoms with van der Waals surface area (Å²) in [6, 6.07) is 5.00. The molecule has 1 rings (SSSR count). The third kappa shape index (κ3) is 6.16. The van der Waals surface area contributed by atoms with Crippen LogP contribution >= 0.6 is 0 Å². The zero-order valence-corrected chi connectivity index (χ0v) is 12.1. The van der Waals surface area contributed by atoms with E-state index in [1.807, 2.05) is 0 Å². The second kappa shape index (κ2) is 7.45. The van der Waals surface area contributed by atoms with Crippen LogP contribution in [-0.2, 0) is 17.4 Å². The molecule has 6 heteroatoms. The van der Waals surface area contributed by atoms with E-state index in [4.69, 9.17) is 5.11 Å². The predicted molar refractivity (Wildman–Crippen MR) is 73.6 cm³/mol. The van der Waals surface area contributed by atoms with Crippen LogP contribution in [-0.4, -0.2) is 23.7 Å². The first-order valence-electron chi connectivity index (χ1n) is 6.82. The summed E-state index contributed by atoms with van der Waals surface area (Å²) in [6.07, 6.45) is -4.19. The van der Waals surface area contributed by atoms with E-state index in [2.05, 4.69) is 5.32 Å². The van der Waals surface area contributed by atoms with E-state index in [0.717, 1.165) is 12.1 Å². The number of benzene rings is 1. The van der Waals surface area contributed by atoms with Gasteiger partial charge in [0.25, 0.3) is 0 Å². The van der Waals surface area contributed by atoms with Gasteiger partial charge in [-0.25, -0.2) is 0 Å². The predicted octanol–water partition coefficient (Wildman–Crippen LogP) is 2.77. The maximum atomic E-state index is 12.6. The van der Waals surface area contributed by atoms with E-state index in [-0.39, 0.29) is 12.3 Å². The Kier molecular flexibility index (Phi) is 6.20. The van der Waals surface area contributed by atoms with Gasteiger partial charge in [-0.2, -0.15) is 13.2 Å². The van der Waals surface area contributed by atoms with Crippen LogP contribution in [0.1, 0.15) is 31.4 Å². The maximum Gasteiger partial charge on any atom is 0.416 e. The number of nitrogens with one attached hydrogen (secondary N) is 1. The van der Waals surface area contributed by atoms with Crippen molar-refractivity contribution in [2.45, 2.75) is 39.0 Å². The number of hydrogen-bond donors (Lipinski definition) is 2. The Bertz CT molecular complexity index is 472. The molecule has 0 aliphatic carbocycles. The molecule has 2 atom stereocenters. The fraction of sp³-hybridized carbons (Fsp3) is 0.533. The van der Waals surface area contributed by atoms with E-state index >= 15 is 0 Å². The molecule has 0 bridgehead atoms. The number of rotatable bonds is 6. The summed E-state index contributed by atoms with van der Waals surface area (Å²) in [5, 5.41) is 11.7. The van der Waals surface area contributed by atoms with Gasteiger partial charge in [0, 0.05) is 12.5 Å². The maximum absolute atomic E-state index is 12.6. The lowest BCUT2D eigenvalue weighted by Crippen LogP contribution is -2.32. The molecular weight excluding hydrogens is 283 g/mol. The van der Waals surface area contributed by atoms with E-state index in [1.165, 1.54) is 6.07 Å². The van der Waals surface area contributed by atoms with Crippen molar-refractivity contribution in [3.05, 3.63) is 35.4 Å². The number of amides is 1. The monoisotopic (exact) mass is 303 g/mol. The van der Waals surface area contributed by atoms with Gasteiger partial charge in [-0.1, -0.05) is 25.1 Å². The van der Waals surface area contributed by atoms with Crippen molar-refractivity contribution >= 4 is 5.91 Å². The lowest BCUT2D eigenvalue weighted by atomic mass is 9.98. The van der Waals surface area contributed by atoms with Crippen molar-refractivity contribution in [3.63, 3.8) is 0 Å². The topological polar surface area (TPSA) is 49.3 Å². The first-order chi connectivity index (χ1) is 9.70. The van der Waals surface area contributed by atoms with Crippen LogP contribution in [0.2, 0.25) is 0 Å². The molecule has 0 aliphatic rings. The highest BCUT2D eigenvalue weighted by Gasteiger charge is 2.30. The number of aliphatic hydroxyl groups excluding tert-OH is 1. The van der Waals surface area contributed by atoms with Crippen LogP contribution < -0.4 is 5.32 Å². The van der Waals surface area contributed by atoms with Crippen molar-refractivity contribution in [1.82, 2.24) is 5.32 Å². The van der Waals surface area contributed by atoms with Gasteiger partial charge in [-0.05, 0) is 31.4 Å². The molecule has 1 aromatic carbocycles. The van der Waals surface area contributed by atoms with Gasteiger partial charge in [0.05, 0.1) is 11.7 Å². The first kappa shape index (κ1) is 17.5. The fourth-order valence-electron chi connectivity index (χ4n) is 1.90. The van der Waals surface area contributed by atoms with Crippen molar-refractivity contribution in [1.29, 1.82) is 0 Å². The van der Waals surface area contributed by atoms with E-state index < -0.39 is 23.8 Å². The highest BCUT2D eigenvalue weighted by atomic mass is 19.4. The number of aliphatic hydroxyl groups is 1. The standard InChI is InChI=1S/C15H20F3NO2/c1-10(14(21)19-7-6-11(2)20)8-12-4-3-5-13(9-12)15(16,17)18/h3-5,9-11,20H,6-8H2,1-2H3,(H,19,21). The van der Waals surface area contributed by atoms with Crippen molar-refractivity contribution in [2.75, 3.05) is 6.54 Å². The minimum Gasteiger partial charge on any atom is -0.393 e. The third-order valence-corrected chi connectivity index (χ3v) is 3.11. The first-order valence-corrected chi connectivity index (χ1v) is 6.82. The molecule has 0 spiro atoms. The van der Waals surface area contributed by atoms with Gasteiger partial charge in [-0.15, -0.1) is 0 Å². The van der Waals surface area contributed by atoms with Crippen LogP contribution in [0.25, 0.3) is 0 Å². The van der Waals surface area contributed by atoms with E-state index in [9.17, 15) is 18.0 Å². The summed E-state index contributed by atoms with van der Waals surface area (Å²) in [4.78, 5) is 11.8. The molecule has 0 heterocycles. The lowest BCUT2D eigenvalue weighted by molar-refractivity contribution is -0.137. The molecule has 21 heavy (non-hydrogen) atoms. The molecule has 0 aliphatic heterocycles. The number of carbonyl (C=O) groups excluding carboxylic acids is 1. The Labute approximate surface area is 122 Å². The van der Waals surface area contributed by atoms with Crippen molar-refractivity contribution < 1.29 is 23.1 Å².